The van der Waals surface area contributed by atoms with Crippen molar-refractivity contribution in [1.82, 2.24) is 0 Å². The monoisotopic (exact) mass is 362 g/mol. The summed E-state index contributed by atoms with van der Waals surface area (Å²) in [7, 11) is 0. The summed E-state index contributed by atoms with van der Waals surface area (Å²) in [5, 5.41) is 0. The number of aryl methyl sites for hydroxylation is 4. The van der Waals surface area contributed by atoms with E-state index in [1.165, 1.54) is 55.6 Å². The highest BCUT2D eigenvalue weighted by molar-refractivity contribution is 5.74. The first-order valence-corrected chi connectivity index (χ1v) is 9.86. The molecule has 0 aliphatic rings. The summed E-state index contributed by atoms with van der Waals surface area (Å²) in [6.45, 7) is 8.63. The third kappa shape index (κ3) is 3.77. The van der Waals surface area contributed by atoms with E-state index in [2.05, 4.69) is 113 Å². The van der Waals surface area contributed by atoms with Crippen molar-refractivity contribution < 1.29 is 0 Å². The van der Waals surface area contributed by atoms with Crippen molar-refractivity contribution in [2.75, 3.05) is 0 Å². The topological polar surface area (TPSA) is 0 Å². The zero-order valence-electron chi connectivity index (χ0n) is 17.1. The summed E-state index contributed by atoms with van der Waals surface area (Å²) in [4.78, 5) is 0. The smallest absolute Gasteiger partial charge is 0.0152 e. The molecular weight excluding hydrogens is 336 g/mol. The summed E-state index contributed by atoms with van der Waals surface area (Å²) in [5.41, 5.74) is 12.9. The highest BCUT2D eigenvalue weighted by Crippen LogP contribution is 2.29. The van der Waals surface area contributed by atoms with Gasteiger partial charge in [-0.2, -0.15) is 0 Å². The van der Waals surface area contributed by atoms with Gasteiger partial charge in [0.2, 0.25) is 0 Å². The lowest BCUT2D eigenvalue weighted by Gasteiger charge is -2.10. The number of rotatable bonds is 3. The van der Waals surface area contributed by atoms with Gasteiger partial charge in [-0.05, 0) is 66.6 Å². The molecule has 0 radical (unpaired) electrons. The molecule has 0 spiro atoms. The lowest BCUT2D eigenvalue weighted by molar-refractivity contribution is 1.38. The Morgan fingerprint density at radius 2 is 0.821 bits per heavy atom. The van der Waals surface area contributed by atoms with Crippen molar-refractivity contribution in [2.45, 2.75) is 27.7 Å². The van der Waals surface area contributed by atoms with Gasteiger partial charge in [0.05, 0.1) is 0 Å². The van der Waals surface area contributed by atoms with E-state index >= 15 is 0 Å². The molecule has 0 heteroatoms. The Morgan fingerprint density at radius 1 is 0.357 bits per heavy atom. The van der Waals surface area contributed by atoms with Gasteiger partial charge in [0.15, 0.2) is 0 Å². The third-order valence-electron chi connectivity index (χ3n) is 5.36. The van der Waals surface area contributed by atoms with Crippen molar-refractivity contribution in [3.63, 3.8) is 0 Å². The maximum atomic E-state index is 2.27. The van der Waals surface area contributed by atoms with E-state index in [-0.39, 0.29) is 0 Å². The van der Waals surface area contributed by atoms with E-state index in [1.54, 1.807) is 0 Å². The molecule has 138 valence electrons. The van der Waals surface area contributed by atoms with Crippen LogP contribution in [-0.2, 0) is 0 Å². The van der Waals surface area contributed by atoms with Crippen LogP contribution in [0.4, 0.5) is 0 Å². The molecule has 0 amide bonds. The molecule has 0 saturated carbocycles. The lowest BCUT2D eigenvalue weighted by Crippen LogP contribution is -1.86. The molecule has 0 unspecified atom stereocenters. The molecule has 4 aromatic carbocycles. The molecule has 0 atom stereocenters. The molecule has 4 aromatic rings. The largest absolute Gasteiger partial charge is 0.0590 e. The lowest BCUT2D eigenvalue weighted by atomic mass is 9.95. The Balaban J connectivity index is 1.62. The molecule has 0 aromatic heterocycles. The molecule has 0 bridgehead atoms. The van der Waals surface area contributed by atoms with E-state index < -0.39 is 0 Å². The Morgan fingerprint density at radius 3 is 1.36 bits per heavy atom. The zero-order valence-corrected chi connectivity index (χ0v) is 17.1. The van der Waals surface area contributed by atoms with Crippen molar-refractivity contribution in [2.24, 2.45) is 0 Å². The van der Waals surface area contributed by atoms with Gasteiger partial charge in [-0.3, -0.25) is 0 Å². The average Bonchev–Trinajstić information content (AvgIpc) is 2.69. The van der Waals surface area contributed by atoms with Crippen molar-refractivity contribution in [3.05, 3.63) is 107 Å². The molecular formula is C28H26. The second-order valence-corrected chi connectivity index (χ2v) is 7.85. The highest BCUT2D eigenvalue weighted by Gasteiger charge is 2.05. The summed E-state index contributed by atoms with van der Waals surface area (Å²) >= 11 is 0. The number of benzene rings is 4. The second kappa shape index (κ2) is 7.48. The molecule has 0 nitrogen and oxygen atoms in total. The van der Waals surface area contributed by atoms with Crippen LogP contribution < -0.4 is 0 Å². The van der Waals surface area contributed by atoms with Gasteiger partial charge < -0.3 is 0 Å². The number of hydrogen-bond acceptors (Lipinski definition) is 0. The molecule has 0 N–H and O–H groups in total. The summed E-state index contributed by atoms with van der Waals surface area (Å²) < 4.78 is 0. The predicted molar refractivity (Wildman–Crippen MR) is 122 cm³/mol. The molecule has 0 saturated heterocycles. The van der Waals surface area contributed by atoms with Crippen molar-refractivity contribution >= 4 is 0 Å². The quantitative estimate of drug-likeness (QED) is 0.347. The van der Waals surface area contributed by atoms with Crippen LogP contribution in [0.25, 0.3) is 33.4 Å². The van der Waals surface area contributed by atoms with Crippen LogP contribution >= 0.6 is 0 Å². The van der Waals surface area contributed by atoms with E-state index in [0.29, 0.717) is 0 Å². The summed E-state index contributed by atoms with van der Waals surface area (Å²) in [5.74, 6) is 0. The minimum absolute atomic E-state index is 1.25. The van der Waals surface area contributed by atoms with Gasteiger partial charge in [0, 0.05) is 0 Å². The third-order valence-corrected chi connectivity index (χ3v) is 5.36. The minimum Gasteiger partial charge on any atom is -0.0590 e. The highest BCUT2D eigenvalue weighted by atomic mass is 14.1. The first kappa shape index (κ1) is 18.3. The van der Waals surface area contributed by atoms with Gasteiger partial charge in [0.1, 0.15) is 0 Å². The van der Waals surface area contributed by atoms with Gasteiger partial charge in [-0.25, -0.2) is 0 Å². The SMILES string of the molecule is Cc1cc(C)cc(-c2ccc(-c3ccc(-c4cc(C)ccc4C)cc3)cc2)c1. The fraction of sp³-hybridized carbons (Fsp3) is 0.143. The summed E-state index contributed by atoms with van der Waals surface area (Å²) in [6, 6.07) is 31.2. The van der Waals surface area contributed by atoms with E-state index in [4.69, 9.17) is 0 Å². The fourth-order valence-corrected chi connectivity index (χ4v) is 3.89. The molecule has 28 heavy (non-hydrogen) atoms. The molecule has 0 aliphatic heterocycles. The van der Waals surface area contributed by atoms with E-state index in [9.17, 15) is 0 Å². The first-order chi connectivity index (χ1) is 13.5. The Bertz CT molecular complexity index is 1090. The van der Waals surface area contributed by atoms with Crippen LogP contribution in [0.3, 0.4) is 0 Å². The first-order valence-electron chi connectivity index (χ1n) is 9.86. The predicted octanol–water partition coefficient (Wildman–Crippen LogP) is 7.92. The Hall–Kier alpha value is -3.12. The normalized spacial score (nSPS) is 10.9. The Labute approximate surface area is 168 Å². The van der Waals surface area contributed by atoms with Crippen LogP contribution in [-0.4, -0.2) is 0 Å². The maximum absolute atomic E-state index is 2.27. The van der Waals surface area contributed by atoms with Crippen LogP contribution in [0.1, 0.15) is 22.3 Å². The standard InChI is InChI=1S/C28H26/c1-19-5-6-22(4)28(18-19)26-13-11-24(12-14-26)23-7-9-25(10-8-23)27-16-20(2)15-21(3)17-27/h5-18H,1-4H3. The van der Waals surface area contributed by atoms with Crippen LogP contribution in [0.15, 0.2) is 84.9 Å². The second-order valence-electron chi connectivity index (χ2n) is 7.85. The maximum Gasteiger partial charge on any atom is -0.0152 e. The molecule has 0 heterocycles. The van der Waals surface area contributed by atoms with Gasteiger partial charge in [0.25, 0.3) is 0 Å². The Kier molecular flexibility index (Phi) is 4.88. The van der Waals surface area contributed by atoms with Crippen molar-refractivity contribution in [3.8, 4) is 33.4 Å². The number of hydrogen-bond donors (Lipinski definition) is 0. The van der Waals surface area contributed by atoms with Crippen LogP contribution in [0.5, 0.6) is 0 Å². The minimum atomic E-state index is 1.25. The van der Waals surface area contributed by atoms with Gasteiger partial charge >= 0.3 is 0 Å². The van der Waals surface area contributed by atoms with Crippen LogP contribution in [0.2, 0.25) is 0 Å². The van der Waals surface area contributed by atoms with Crippen molar-refractivity contribution in [1.29, 1.82) is 0 Å². The van der Waals surface area contributed by atoms with E-state index in [0.717, 1.165) is 0 Å². The van der Waals surface area contributed by atoms with Crippen LogP contribution in [0, 0.1) is 27.7 Å². The van der Waals surface area contributed by atoms with Gasteiger partial charge in [-0.1, -0.05) is 102 Å². The van der Waals surface area contributed by atoms with E-state index in [1.807, 2.05) is 0 Å². The molecule has 0 aliphatic carbocycles. The summed E-state index contributed by atoms with van der Waals surface area (Å²) in [6.07, 6.45) is 0. The average molecular weight is 363 g/mol. The molecule has 4 rings (SSSR count). The zero-order chi connectivity index (χ0) is 19.7. The van der Waals surface area contributed by atoms with Gasteiger partial charge in [-0.15, -0.1) is 0 Å². The molecule has 0 fully saturated rings. The fourth-order valence-electron chi connectivity index (χ4n) is 3.89.